The molecule has 0 radical (unpaired) electrons. The van der Waals surface area contributed by atoms with Crippen LogP contribution >= 0.6 is 11.6 Å². The molecule has 1 atom stereocenters. The van der Waals surface area contributed by atoms with Gasteiger partial charge in [0.05, 0.1) is 6.26 Å². The van der Waals surface area contributed by atoms with E-state index in [-0.39, 0.29) is 18.7 Å². The summed E-state index contributed by atoms with van der Waals surface area (Å²) < 4.78 is 5.12. The van der Waals surface area contributed by atoms with Gasteiger partial charge in [-0.05, 0) is 42.7 Å². The SMILES string of the molecule is O=C(CCCc1ccc(Cl)cc1)N[C@@H](Cc1ccco1)C(=O)O. The Morgan fingerprint density at radius 3 is 2.57 bits per heavy atom. The number of rotatable bonds is 8. The fourth-order valence-electron chi connectivity index (χ4n) is 2.20. The third kappa shape index (κ3) is 5.79. The van der Waals surface area contributed by atoms with Gasteiger partial charge in [-0.1, -0.05) is 23.7 Å². The van der Waals surface area contributed by atoms with Crippen LogP contribution in [0.2, 0.25) is 5.02 Å². The number of halogens is 1. The normalized spacial score (nSPS) is 11.9. The monoisotopic (exact) mass is 335 g/mol. The van der Waals surface area contributed by atoms with E-state index < -0.39 is 12.0 Å². The van der Waals surface area contributed by atoms with Gasteiger partial charge < -0.3 is 14.8 Å². The Labute approximate surface area is 139 Å². The molecule has 1 amide bonds. The van der Waals surface area contributed by atoms with Gasteiger partial charge in [0.1, 0.15) is 11.8 Å². The lowest BCUT2D eigenvalue weighted by Gasteiger charge is -2.13. The molecule has 0 spiro atoms. The number of aryl methyl sites for hydroxylation is 1. The van der Waals surface area contributed by atoms with Gasteiger partial charge in [0.25, 0.3) is 0 Å². The minimum atomic E-state index is -1.08. The fraction of sp³-hybridized carbons (Fsp3) is 0.294. The fourth-order valence-corrected chi connectivity index (χ4v) is 2.33. The van der Waals surface area contributed by atoms with Crippen molar-refractivity contribution in [3.63, 3.8) is 0 Å². The second-order valence-electron chi connectivity index (χ2n) is 5.22. The quantitative estimate of drug-likeness (QED) is 0.777. The molecular weight excluding hydrogens is 318 g/mol. The third-order valence-electron chi connectivity index (χ3n) is 3.40. The lowest BCUT2D eigenvalue weighted by atomic mass is 10.1. The van der Waals surface area contributed by atoms with Crippen LogP contribution in [0.3, 0.4) is 0 Å². The summed E-state index contributed by atoms with van der Waals surface area (Å²) in [4.78, 5) is 23.1. The summed E-state index contributed by atoms with van der Waals surface area (Å²) >= 11 is 5.81. The molecule has 23 heavy (non-hydrogen) atoms. The number of benzene rings is 1. The Kier molecular flexibility index (Phi) is 6.23. The van der Waals surface area contributed by atoms with Gasteiger partial charge in [0, 0.05) is 17.9 Å². The molecule has 2 N–H and O–H groups in total. The summed E-state index contributed by atoms with van der Waals surface area (Å²) in [6, 6.07) is 9.82. The van der Waals surface area contributed by atoms with Gasteiger partial charge in [0.15, 0.2) is 0 Å². The number of hydrogen-bond donors (Lipinski definition) is 2. The topological polar surface area (TPSA) is 79.5 Å². The van der Waals surface area contributed by atoms with E-state index in [4.69, 9.17) is 16.0 Å². The van der Waals surface area contributed by atoms with Crippen LogP contribution in [-0.4, -0.2) is 23.0 Å². The van der Waals surface area contributed by atoms with E-state index in [1.807, 2.05) is 12.1 Å². The van der Waals surface area contributed by atoms with E-state index in [1.54, 1.807) is 24.3 Å². The first-order valence-electron chi connectivity index (χ1n) is 7.33. The Balaban J connectivity index is 1.77. The minimum Gasteiger partial charge on any atom is -0.480 e. The number of hydrogen-bond acceptors (Lipinski definition) is 3. The molecule has 1 heterocycles. The predicted molar refractivity (Wildman–Crippen MR) is 86.4 cm³/mol. The number of carbonyl (C=O) groups excluding carboxylic acids is 1. The van der Waals surface area contributed by atoms with Gasteiger partial charge in [0.2, 0.25) is 5.91 Å². The van der Waals surface area contributed by atoms with E-state index in [9.17, 15) is 14.7 Å². The second-order valence-corrected chi connectivity index (χ2v) is 5.66. The molecule has 0 aliphatic heterocycles. The number of carbonyl (C=O) groups is 2. The highest BCUT2D eigenvalue weighted by Gasteiger charge is 2.21. The summed E-state index contributed by atoms with van der Waals surface area (Å²) in [5.74, 6) is -0.829. The van der Waals surface area contributed by atoms with E-state index >= 15 is 0 Å². The maximum atomic E-state index is 11.9. The zero-order chi connectivity index (χ0) is 16.7. The molecule has 0 unspecified atom stereocenters. The summed E-state index contributed by atoms with van der Waals surface area (Å²) in [6.45, 7) is 0. The van der Waals surface area contributed by atoms with Crippen LogP contribution in [0.15, 0.2) is 47.1 Å². The van der Waals surface area contributed by atoms with Crippen molar-refractivity contribution >= 4 is 23.5 Å². The molecule has 6 heteroatoms. The first kappa shape index (κ1) is 17.1. The molecule has 0 aliphatic rings. The van der Waals surface area contributed by atoms with Crippen LogP contribution in [0, 0.1) is 0 Å². The van der Waals surface area contributed by atoms with Crippen molar-refractivity contribution in [2.75, 3.05) is 0 Å². The maximum absolute atomic E-state index is 11.9. The molecule has 1 aromatic carbocycles. The van der Waals surface area contributed by atoms with Gasteiger partial charge in [-0.25, -0.2) is 4.79 Å². The van der Waals surface area contributed by atoms with Crippen molar-refractivity contribution in [2.45, 2.75) is 31.7 Å². The van der Waals surface area contributed by atoms with Crippen LogP contribution in [0.4, 0.5) is 0 Å². The molecule has 0 fully saturated rings. The minimum absolute atomic E-state index is 0.130. The Hall–Kier alpha value is -2.27. The van der Waals surface area contributed by atoms with Crippen molar-refractivity contribution in [3.05, 3.63) is 59.0 Å². The van der Waals surface area contributed by atoms with Crippen LogP contribution in [0.5, 0.6) is 0 Å². The second kappa shape index (κ2) is 8.39. The molecule has 0 saturated carbocycles. The average Bonchev–Trinajstić information content (AvgIpc) is 3.01. The maximum Gasteiger partial charge on any atom is 0.326 e. The molecular formula is C17H18ClNO4. The van der Waals surface area contributed by atoms with E-state index in [0.29, 0.717) is 17.2 Å². The van der Waals surface area contributed by atoms with E-state index in [2.05, 4.69) is 5.32 Å². The van der Waals surface area contributed by atoms with Gasteiger partial charge in [-0.15, -0.1) is 0 Å². The highest BCUT2D eigenvalue weighted by Crippen LogP contribution is 2.12. The van der Waals surface area contributed by atoms with Crippen molar-refractivity contribution in [3.8, 4) is 0 Å². The number of carboxylic acid groups (broad SMARTS) is 1. The lowest BCUT2D eigenvalue weighted by Crippen LogP contribution is -2.42. The van der Waals surface area contributed by atoms with Gasteiger partial charge in [-0.2, -0.15) is 0 Å². The molecule has 5 nitrogen and oxygen atoms in total. The van der Waals surface area contributed by atoms with Crippen molar-refractivity contribution in [2.24, 2.45) is 0 Å². The molecule has 2 aromatic rings. The summed E-state index contributed by atoms with van der Waals surface area (Å²) in [7, 11) is 0. The standard InChI is InChI=1S/C17H18ClNO4/c18-13-8-6-12(7-9-13)3-1-5-16(20)19-15(17(21)22)11-14-4-2-10-23-14/h2,4,6-10,15H,1,3,5,11H2,(H,19,20)(H,21,22)/t15-/m0/s1. The number of carboxylic acids is 1. The predicted octanol–water partition coefficient (Wildman–Crippen LogP) is 3.07. The van der Waals surface area contributed by atoms with Gasteiger partial charge >= 0.3 is 5.97 Å². The molecule has 122 valence electrons. The molecule has 1 aromatic heterocycles. The highest BCUT2D eigenvalue weighted by atomic mass is 35.5. The van der Waals surface area contributed by atoms with Crippen molar-refractivity contribution < 1.29 is 19.1 Å². The summed E-state index contributed by atoms with van der Waals surface area (Å²) in [6.07, 6.45) is 3.25. The third-order valence-corrected chi connectivity index (χ3v) is 3.65. The van der Waals surface area contributed by atoms with Crippen LogP contribution in [-0.2, 0) is 22.4 Å². The molecule has 2 rings (SSSR count). The van der Waals surface area contributed by atoms with E-state index in [0.717, 1.165) is 12.0 Å². The van der Waals surface area contributed by atoms with Gasteiger partial charge in [-0.3, -0.25) is 4.79 Å². The van der Waals surface area contributed by atoms with Crippen LogP contribution in [0.1, 0.15) is 24.2 Å². The Morgan fingerprint density at radius 2 is 1.96 bits per heavy atom. The van der Waals surface area contributed by atoms with Crippen LogP contribution in [0.25, 0.3) is 0 Å². The largest absolute Gasteiger partial charge is 0.480 e. The Bertz CT molecular complexity index is 637. The number of aliphatic carboxylic acids is 1. The summed E-state index contributed by atoms with van der Waals surface area (Å²) in [5.41, 5.74) is 1.09. The first-order valence-corrected chi connectivity index (χ1v) is 7.71. The van der Waals surface area contributed by atoms with E-state index in [1.165, 1.54) is 6.26 Å². The lowest BCUT2D eigenvalue weighted by molar-refractivity contribution is -0.141. The molecule has 0 aliphatic carbocycles. The smallest absolute Gasteiger partial charge is 0.326 e. The van der Waals surface area contributed by atoms with Crippen molar-refractivity contribution in [1.82, 2.24) is 5.32 Å². The average molecular weight is 336 g/mol. The molecule has 0 saturated heterocycles. The summed E-state index contributed by atoms with van der Waals surface area (Å²) in [5, 5.41) is 12.4. The van der Waals surface area contributed by atoms with Crippen LogP contribution < -0.4 is 5.32 Å². The zero-order valence-corrected chi connectivity index (χ0v) is 13.3. The number of nitrogens with one attached hydrogen (secondary N) is 1. The number of amides is 1. The zero-order valence-electron chi connectivity index (χ0n) is 12.5. The van der Waals surface area contributed by atoms with Crippen molar-refractivity contribution in [1.29, 1.82) is 0 Å². The first-order chi connectivity index (χ1) is 11.0. The number of furan rings is 1. The highest BCUT2D eigenvalue weighted by molar-refractivity contribution is 6.30. The Morgan fingerprint density at radius 1 is 1.22 bits per heavy atom. The molecule has 0 bridgehead atoms.